The number of nitrogens with zero attached hydrogens (tertiary/aromatic N) is 2. The van der Waals surface area contributed by atoms with Gasteiger partial charge in [-0.2, -0.15) is 0 Å². The molecule has 0 fully saturated rings. The largest absolute Gasteiger partial charge is 0.364 e. The zero-order valence-corrected chi connectivity index (χ0v) is 10.9. The minimum absolute atomic E-state index is 0. The Hall–Kier alpha value is -2.24. The molecule has 19 heavy (non-hydrogen) atoms. The van der Waals surface area contributed by atoms with Crippen LogP contribution in [0.15, 0.2) is 48.8 Å². The van der Waals surface area contributed by atoms with Gasteiger partial charge in [0.1, 0.15) is 11.4 Å². The Morgan fingerprint density at radius 1 is 0.789 bits per heavy atom. The molecule has 0 spiro atoms. The number of aromatic nitrogens is 2. The number of primary amides is 2. The smallest absolute Gasteiger partial charge is 0.267 e. The van der Waals surface area contributed by atoms with Gasteiger partial charge in [0.2, 0.25) is 0 Å². The average molecular weight is 300 g/mol. The van der Waals surface area contributed by atoms with E-state index >= 15 is 0 Å². The van der Waals surface area contributed by atoms with E-state index < -0.39 is 11.8 Å². The minimum atomic E-state index is -0.490. The first-order valence-corrected chi connectivity index (χ1v) is 5.03. The van der Waals surface area contributed by atoms with E-state index in [1.807, 2.05) is 0 Å². The second kappa shape index (κ2) is 8.79. The zero-order chi connectivity index (χ0) is 13.4. The third-order valence-corrected chi connectivity index (χ3v) is 1.83. The molecule has 0 aliphatic carbocycles. The molecule has 2 rings (SSSR count). The molecule has 0 radical (unpaired) electrons. The van der Waals surface area contributed by atoms with E-state index in [9.17, 15) is 9.59 Å². The molecular weight excluding hydrogens is 288 g/mol. The molecule has 0 bridgehead atoms. The average Bonchev–Trinajstić information content (AvgIpc) is 2.41. The summed E-state index contributed by atoms with van der Waals surface area (Å²) < 4.78 is 0. The molecule has 100 valence electrons. The molecule has 2 amide bonds. The molecular formula is C12H12FeN4O2. The predicted molar refractivity (Wildman–Crippen MR) is 65.5 cm³/mol. The van der Waals surface area contributed by atoms with E-state index in [4.69, 9.17) is 11.5 Å². The van der Waals surface area contributed by atoms with Crippen LogP contribution in [0.2, 0.25) is 0 Å². The van der Waals surface area contributed by atoms with Crippen LogP contribution in [0.25, 0.3) is 0 Å². The molecule has 2 heterocycles. The molecule has 0 aliphatic rings. The summed E-state index contributed by atoms with van der Waals surface area (Å²) in [6.45, 7) is 0. The van der Waals surface area contributed by atoms with Crippen LogP contribution < -0.4 is 11.5 Å². The Bertz CT molecular complexity index is 470. The fourth-order valence-electron chi connectivity index (χ4n) is 1.02. The van der Waals surface area contributed by atoms with Crippen molar-refractivity contribution in [1.29, 1.82) is 0 Å². The fraction of sp³-hybridized carbons (Fsp3) is 0. The summed E-state index contributed by atoms with van der Waals surface area (Å²) in [4.78, 5) is 28.1. The van der Waals surface area contributed by atoms with E-state index in [0.717, 1.165) is 0 Å². The van der Waals surface area contributed by atoms with Crippen LogP contribution in [0.4, 0.5) is 0 Å². The van der Waals surface area contributed by atoms with E-state index in [0.29, 0.717) is 11.4 Å². The summed E-state index contributed by atoms with van der Waals surface area (Å²) in [5.41, 5.74) is 10.4. The summed E-state index contributed by atoms with van der Waals surface area (Å²) in [7, 11) is 0. The maximum Gasteiger partial charge on any atom is 0.267 e. The van der Waals surface area contributed by atoms with Gasteiger partial charge in [-0.25, -0.2) is 0 Å². The molecule has 7 heteroatoms. The number of hydrogen-bond donors (Lipinski definition) is 2. The van der Waals surface area contributed by atoms with E-state index in [-0.39, 0.29) is 17.1 Å². The number of rotatable bonds is 2. The number of nitrogens with two attached hydrogens (primary N) is 2. The Morgan fingerprint density at radius 3 is 1.32 bits per heavy atom. The van der Waals surface area contributed by atoms with Crippen LogP contribution >= 0.6 is 0 Å². The standard InChI is InChI=1S/2C6H6N2O.Fe/c2*7-6(9)5-3-1-2-4-8-5;/h2*1-4H,(H2,7,9);. The van der Waals surface area contributed by atoms with Crippen molar-refractivity contribution in [3.63, 3.8) is 0 Å². The molecule has 0 aliphatic heterocycles. The monoisotopic (exact) mass is 300 g/mol. The normalized spacial score (nSPS) is 8.42. The van der Waals surface area contributed by atoms with Gasteiger partial charge in [-0.1, -0.05) is 12.1 Å². The van der Waals surface area contributed by atoms with Crippen molar-refractivity contribution in [3.8, 4) is 0 Å². The Balaban J connectivity index is 0.000000324. The van der Waals surface area contributed by atoms with Crippen LogP contribution in [-0.4, -0.2) is 21.8 Å². The molecule has 2 aromatic rings. The maximum absolute atomic E-state index is 10.4. The molecule has 0 saturated carbocycles. The van der Waals surface area contributed by atoms with Gasteiger partial charge >= 0.3 is 0 Å². The molecule has 4 N–H and O–H groups in total. The number of carbonyl (C=O) groups excluding carboxylic acids is 2. The molecule has 0 aromatic carbocycles. The van der Waals surface area contributed by atoms with Gasteiger partial charge in [-0.05, 0) is 24.3 Å². The van der Waals surface area contributed by atoms with Crippen LogP contribution in [-0.2, 0) is 17.1 Å². The van der Waals surface area contributed by atoms with Crippen molar-refractivity contribution in [2.75, 3.05) is 0 Å². The molecule has 0 unspecified atom stereocenters. The summed E-state index contributed by atoms with van der Waals surface area (Å²) in [6.07, 6.45) is 3.06. The Kier molecular flexibility index (Phi) is 7.76. The molecule has 2 aromatic heterocycles. The topological polar surface area (TPSA) is 112 Å². The van der Waals surface area contributed by atoms with Gasteiger partial charge in [0.15, 0.2) is 0 Å². The van der Waals surface area contributed by atoms with Crippen molar-refractivity contribution in [1.82, 2.24) is 9.97 Å². The first-order chi connectivity index (χ1) is 8.61. The van der Waals surface area contributed by atoms with Gasteiger partial charge in [0.25, 0.3) is 11.8 Å². The molecule has 6 nitrogen and oxygen atoms in total. The summed E-state index contributed by atoms with van der Waals surface area (Å²) in [5.74, 6) is -0.980. The maximum atomic E-state index is 10.4. The van der Waals surface area contributed by atoms with E-state index in [1.54, 1.807) is 36.4 Å². The van der Waals surface area contributed by atoms with E-state index in [2.05, 4.69) is 9.97 Å². The Morgan fingerprint density at radius 2 is 1.16 bits per heavy atom. The second-order valence-corrected chi connectivity index (χ2v) is 3.16. The number of hydrogen-bond acceptors (Lipinski definition) is 4. The number of amides is 2. The van der Waals surface area contributed by atoms with Crippen LogP contribution in [0, 0.1) is 0 Å². The van der Waals surface area contributed by atoms with Crippen LogP contribution in [0.1, 0.15) is 21.0 Å². The van der Waals surface area contributed by atoms with Gasteiger partial charge in [0, 0.05) is 29.5 Å². The summed E-state index contributed by atoms with van der Waals surface area (Å²) >= 11 is 0. The van der Waals surface area contributed by atoms with Crippen molar-refractivity contribution >= 4 is 11.8 Å². The van der Waals surface area contributed by atoms with Gasteiger partial charge in [-0.3, -0.25) is 19.6 Å². The first-order valence-electron chi connectivity index (χ1n) is 5.03. The first kappa shape index (κ1) is 16.8. The zero-order valence-electron chi connectivity index (χ0n) is 9.84. The SMILES string of the molecule is NC(=O)c1ccccn1.NC(=O)c1ccccn1.[Fe]. The van der Waals surface area contributed by atoms with Crippen molar-refractivity contribution in [2.24, 2.45) is 11.5 Å². The third-order valence-electron chi connectivity index (χ3n) is 1.83. The summed E-state index contributed by atoms with van der Waals surface area (Å²) in [5, 5.41) is 0. The van der Waals surface area contributed by atoms with Gasteiger partial charge < -0.3 is 11.5 Å². The Labute approximate surface area is 120 Å². The summed E-state index contributed by atoms with van der Waals surface area (Å²) in [6, 6.07) is 10.0. The van der Waals surface area contributed by atoms with E-state index in [1.165, 1.54) is 12.4 Å². The van der Waals surface area contributed by atoms with Crippen LogP contribution in [0.5, 0.6) is 0 Å². The van der Waals surface area contributed by atoms with Gasteiger partial charge in [-0.15, -0.1) is 0 Å². The van der Waals surface area contributed by atoms with Crippen LogP contribution in [0.3, 0.4) is 0 Å². The number of pyridine rings is 2. The van der Waals surface area contributed by atoms with Crippen molar-refractivity contribution < 1.29 is 26.7 Å². The minimum Gasteiger partial charge on any atom is -0.364 e. The van der Waals surface area contributed by atoms with Crippen molar-refractivity contribution in [3.05, 3.63) is 60.2 Å². The quantitative estimate of drug-likeness (QED) is 0.780. The fourth-order valence-corrected chi connectivity index (χ4v) is 1.02. The van der Waals surface area contributed by atoms with Gasteiger partial charge in [0.05, 0.1) is 0 Å². The predicted octanol–water partition coefficient (Wildman–Crippen LogP) is 0.358. The molecule has 0 atom stereocenters. The third kappa shape index (κ3) is 6.30. The second-order valence-electron chi connectivity index (χ2n) is 3.16. The number of carbonyl (C=O) groups is 2. The molecule has 0 saturated heterocycles. The van der Waals surface area contributed by atoms with Crippen molar-refractivity contribution in [2.45, 2.75) is 0 Å².